The number of benzene rings is 1. The van der Waals surface area contributed by atoms with Gasteiger partial charge in [0.05, 0.1) is 12.7 Å². The lowest BCUT2D eigenvalue weighted by Crippen LogP contribution is -2.39. The van der Waals surface area contributed by atoms with Crippen molar-refractivity contribution >= 4 is 44.4 Å². The van der Waals surface area contributed by atoms with E-state index >= 15 is 0 Å². The molecule has 0 spiro atoms. The summed E-state index contributed by atoms with van der Waals surface area (Å²) in [5.74, 6) is 0.903. The molecule has 1 unspecified atom stereocenters. The van der Waals surface area contributed by atoms with Crippen LogP contribution in [0, 0.1) is 5.92 Å². The van der Waals surface area contributed by atoms with Gasteiger partial charge in [-0.15, -0.1) is 0 Å². The first-order valence-corrected chi connectivity index (χ1v) is 8.01. The van der Waals surface area contributed by atoms with Gasteiger partial charge >= 0.3 is 0 Å². The highest BCUT2D eigenvalue weighted by molar-refractivity contribution is 14.1. The predicted octanol–water partition coefficient (Wildman–Crippen LogP) is 3.65. The quantitative estimate of drug-likeness (QED) is 0.577. The van der Waals surface area contributed by atoms with E-state index in [1.807, 2.05) is 6.07 Å². The Bertz CT molecular complexity index is 423. The SMILES string of the molecule is COc1cc(Br)ccc1C(=O)NC(CI)C(C)C. The summed E-state index contributed by atoms with van der Waals surface area (Å²) in [4.78, 5) is 12.2. The minimum absolute atomic E-state index is 0.0882. The summed E-state index contributed by atoms with van der Waals surface area (Å²) < 4.78 is 7.01. The Hall–Kier alpha value is -0.300. The number of nitrogens with one attached hydrogen (secondary N) is 1. The first-order valence-electron chi connectivity index (χ1n) is 5.70. The standard InChI is InChI=1S/C13H17BrINO2/c1-8(2)11(7-15)16-13(17)10-5-4-9(14)6-12(10)18-3/h4-6,8,11H,7H2,1-3H3,(H,16,17). The number of alkyl halides is 1. The third kappa shape index (κ3) is 4.12. The average molecular weight is 426 g/mol. The number of rotatable bonds is 5. The van der Waals surface area contributed by atoms with Gasteiger partial charge in [-0.05, 0) is 24.1 Å². The highest BCUT2D eigenvalue weighted by atomic mass is 127. The van der Waals surface area contributed by atoms with E-state index in [1.54, 1.807) is 19.2 Å². The second-order valence-corrected chi connectivity index (χ2v) is 6.12. The van der Waals surface area contributed by atoms with Crippen LogP contribution < -0.4 is 10.1 Å². The lowest BCUT2D eigenvalue weighted by atomic mass is 10.1. The Morgan fingerprint density at radius 3 is 2.67 bits per heavy atom. The van der Waals surface area contributed by atoms with Crippen molar-refractivity contribution in [2.45, 2.75) is 19.9 Å². The number of amides is 1. The molecule has 1 amide bonds. The minimum atomic E-state index is -0.0882. The Balaban J connectivity index is 2.90. The molecular weight excluding hydrogens is 409 g/mol. The number of halogens is 2. The molecule has 0 fully saturated rings. The van der Waals surface area contributed by atoms with Gasteiger partial charge in [0.1, 0.15) is 5.75 Å². The fourth-order valence-corrected chi connectivity index (χ4v) is 3.06. The van der Waals surface area contributed by atoms with Crippen molar-refractivity contribution in [3.8, 4) is 5.75 Å². The molecule has 5 heteroatoms. The number of hydrogen-bond acceptors (Lipinski definition) is 2. The maximum atomic E-state index is 12.2. The highest BCUT2D eigenvalue weighted by Crippen LogP contribution is 2.23. The van der Waals surface area contributed by atoms with Gasteiger partial charge < -0.3 is 10.1 Å². The molecule has 0 saturated heterocycles. The molecule has 1 aromatic rings. The lowest BCUT2D eigenvalue weighted by Gasteiger charge is -2.20. The second-order valence-electron chi connectivity index (χ2n) is 4.32. The third-order valence-corrected chi connectivity index (χ3v) is 4.14. The van der Waals surface area contributed by atoms with E-state index in [2.05, 4.69) is 57.7 Å². The molecule has 0 bridgehead atoms. The second kappa shape index (κ2) is 7.33. The predicted molar refractivity (Wildman–Crippen MR) is 85.7 cm³/mol. The van der Waals surface area contributed by atoms with Gasteiger partial charge in [0.25, 0.3) is 5.91 Å². The summed E-state index contributed by atoms with van der Waals surface area (Å²) in [6, 6.07) is 5.57. The van der Waals surface area contributed by atoms with E-state index in [9.17, 15) is 4.79 Å². The van der Waals surface area contributed by atoms with Crippen LogP contribution in [-0.2, 0) is 0 Å². The molecule has 3 nitrogen and oxygen atoms in total. The maximum absolute atomic E-state index is 12.2. The van der Waals surface area contributed by atoms with E-state index in [0.717, 1.165) is 8.90 Å². The molecule has 0 aliphatic rings. The van der Waals surface area contributed by atoms with Crippen LogP contribution in [0.5, 0.6) is 5.75 Å². The molecule has 0 aliphatic carbocycles. The van der Waals surface area contributed by atoms with E-state index in [0.29, 0.717) is 17.2 Å². The Labute approximate surface area is 130 Å². The molecule has 0 aromatic heterocycles. The third-order valence-electron chi connectivity index (χ3n) is 2.70. The van der Waals surface area contributed by atoms with Crippen molar-refractivity contribution in [2.24, 2.45) is 5.92 Å². The fourth-order valence-electron chi connectivity index (χ4n) is 1.48. The van der Waals surface area contributed by atoms with Crippen LogP contribution >= 0.6 is 38.5 Å². The summed E-state index contributed by atoms with van der Waals surface area (Å²) in [7, 11) is 1.57. The van der Waals surface area contributed by atoms with Crippen molar-refractivity contribution in [1.29, 1.82) is 0 Å². The van der Waals surface area contributed by atoms with Crippen molar-refractivity contribution in [3.63, 3.8) is 0 Å². The number of ether oxygens (including phenoxy) is 1. The molecule has 0 saturated carbocycles. The zero-order valence-electron chi connectivity index (χ0n) is 10.7. The maximum Gasteiger partial charge on any atom is 0.255 e. The van der Waals surface area contributed by atoms with Gasteiger partial charge in [0.2, 0.25) is 0 Å². The van der Waals surface area contributed by atoms with Crippen molar-refractivity contribution in [1.82, 2.24) is 5.32 Å². The summed E-state index contributed by atoms with van der Waals surface area (Å²) in [6.45, 7) is 4.20. The van der Waals surface area contributed by atoms with Crippen LogP contribution in [0.4, 0.5) is 0 Å². The summed E-state index contributed by atoms with van der Waals surface area (Å²) in [6.07, 6.45) is 0. The van der Waals surface area contributed by atoms with Crippen LogP contribution in [0.3, 0.4) is 0 Å². The highest BCUT2D eigenvalue weighted by Gasteiger charge is 2.18. The van der Waals surface area contributed by atoms with Gasteiger partial charge in [-0.1, -0.05) is 52.4 Å². The zero-order valence-corrected chi connectivity index (χ0v) is 14.4. The van der Waals surface area contributed by atoms with Crippen LogP contribution in [0.2, 0.25) is 0 Å². The van der Waals surface area contributed by atoms with Gasteiger partial charge in [0.15, 0.2) is 0 Å². The smallest absolute Gasteiger partial charge is 0.255 e. The molecule has 1 aromatic carbocycles. The molecule has 0 aliphatic heterocycles. The molecular formula is C13H17BrINO2. The number of carbonyl (C=O) groups is 1. The van der Waals surface area contributed by atoms with Gasteiger partial charge in [-0.3, -0.25) is 4.79 Å². The summed E-state index contributed by atoms with van der Waals surface area (Å²) >= 11 is 5.65. The molecule has 0 heterocycles. The molecule has 0 radical (unpaired) electrons. The van der Waals surface area contributed by atoms with Crippen molar-refractivity contribution in [3.05, 3.63) is 28.2 Å². The van der Waals surface area contributed by atoms with E-state index in [1.165, 1.54) is 0 Å². The van der Waals surface area contributed by atoms with Gasteiger partial charge in [-0.25, -0.2) is 0 Å². The van der Waals surface area contributed by atoms with Crippen molar-refractivity contribution in [2.75, 3.05) is 11.5 Å². The van der Waals surface area contributed by atoms with Crippen LogP contribution in [-0.4, -0.2) is 23.5 Å². The molecule has 1 rings (SSSR count). The van der Waals surface area contributed by atoms with Gasteiger partial charge in [-0.2, -0.15) is 0 Å². The summed E-state index contributed by atoms with van der Waals surface area (Å²) in [5.41, 5.74) is 0.566. The van der Waals surface area contributed by atoms with Crippen LogP contribution in [0.1, 0.15) is 24.2 Å². The van der Waals surface area contributed by atoms with Gasteiger partial charge in [0, 0.05) is 14.9 Å². The largest absolute Gasteiger partial charge is 0.496 e. The first-order chi connectivity index (χ1) is 8.49. The average Bonchev–Trinajstić information content (AvgIpc) is 2.34. The normalized spacial score (nSPS) is 12.3. The Morgan fingerprint density at radius 1 is 1.50 bits per heavy atom. The number of carbonyl (C=O) groups excluding carboxylic acids is 1. The number of methoxy groups -OCH3 is 1. The Kier molecular flexibility index (Phi) is 6.42. The minimum Gasteiger partial charge on any atom is -0.496 e. The monoisotopic (exact) mass is 425 g/mol. The number of hydrogen-bond donors (Lipinski definition) is 1. The molecule has 1 N–H and O–H groups in total. The molecule has 100 valence electrons. The van der Waals surface area contributed by atoms with Crippen LogP contribution in [0.15, 0.2) is 22.7 Å². The van der Waals surface area contributed by atoms with Crippen LogP contribution in [0.25, 0.3) is 0 Å². The Morgan fingerprint density at radius 2 is 2.17 bits per heavy atom. The molecule has 1 atom stereocenters. The van der Waals surface area contributed by atoms with E-state index in [-0.39, 0.29) is 11.9 Å². The molecule has 18 heavy (non-hydrogen) atoms. The van der Waals surface area contributed by atoms with Crippen molar-refractivity contribution < 1.29 is 9.53 Å². The zero-order chi connectivity index (χ0) is 13.7. The topological polar surface area (TPSA) is 38.3 Å². The fraction of sp³-hybridized carbons (Fsp3) is 0.462. The van der Waals surface area contributed by atoms with E-state index in [4.69, 9.17) is 4.74 Å². The first kappa shape index (κ1) is 15.8. The lowest BCUT2D eigenvalue weighted by molar-refractivity contribution is 0.0929. The van der Waals surface area contributed by atoms with E-state index < -0.39 is 0 Å². The summed E-state index contributed by atoms with van der Waals surface area (Å²) in [5, 5.41) is 3.03.